The Hall–Kier alpha value is -2.66. The standard InChI is InChI=1S/C16H13ClN2O3/c1-22-16(21)14-8-3-2-5-12(14)10-18-19-15(20)11-6-4-7-13(17)9-11/h2-10H,1H3,(H,19,20)/b18-10-. The molecule has 0 aromatic heterocycles. The topological polar surface area (TPSA) is 67.8 Å². The fourth-order valence-electron chi connectivity index (χ4n) is 1.76. The second kappa shape index (κ2) is 7.38. The molecule has 1 N–H and O–H groups in total. The number of benzene rings is 2. The quantitative estimate of drug-likeness (QED) is 0.536. The highest BCUT2D eigenvalue weighted by atomic mass is 35.5. The number of nitrogens with zero attached hydrogens (tertiary/aromatic N) is 1. The maximum absolute atomic E-state index is 11.9. The van der Waals surface area contributed by atoms with Gasteiger partial charge in [-0.2, -0.15) is 5.10 Å². The Morgan fingerprint density at radius 1 is 1.18 bits per heavy atom. The van der Waals surface area contributed by atoms with Crippen LogP contribution < -0.4 is 5.43 Å². The van der Waals surface area contributed by atoms with Crippen molar-refractivity contribution in [3.05, 3.63) is 70.2 Å². The van der Waals surface area contributed by atoms with Crippen LogP contribution in [0.1, 0.15) is 26.3 Å². The SMILES string of the molecule is COC(=O)c1ccccc1/C=N\NC(=O)c1cccc(Cl)c1. The van der Waals surface area contributed by atoms with Crippen molar-refractivity contribution in [3.8, 4) is 0 Å². The van der Waals surface area contributed by atoms with E-state index in [0.29, 0.717) is 21.7 Å². The number of ether oxygens (including phenoxy) is 1. The predicted octanol–water partition coefficient (Wildman–Crippen LogP) is 2.89. The molecule has 0 aliphatic rings. The van der Waals surface area contributed by atoms with Gasteiger partial charge in [0.2, 0.25) is 0 Å². The normalized spacial score (nSPS) is 10.5. The van der Waals surface area contributed by atoms with Crippen molar-refractivity contribution in [1.82, 2.24) is 5.43 Å². The largest absolute Gasteiger partial charge is 0.465 e. The van der Waals surface area contributed by atoms with E-state index in [-0.39, 0.29) is 0 Å². The molecule has 5 nitrogen and oxygen atoms in total. The summed E-state index contributed by atoms with van der Waals surface area (Å²) >= 11 is 5.82. The zero-order chi connectivity index (χ0) is 15.9. The minimum absolute atomic E-state index is 0.366. The number of carbonyl (C=O) groups excluding carboxylic acids is 2. The second-order valence-corrected chi connectivity index (χ2v) is 4.72. The third kappa shape index (κ3) is 3.93. The number of carbonyl (C=O) groups is 2. The number of rotatable bonds is 4. The van der Waals surface area contributed by atoms with Crippen LogP contribution in [-0.2, 0) is 4.74 Å². The Kier molecular flexibility index (Phi) is 5.27. The first-order valence-electron chi connectivity index (χ1n) is 6.38. The first-order valence-corrected chi connectivity index (χ1v) is 6.76. The summed E-state index contributed by atoms with van der Waals surface area (Å²) in [6.45, 7) is 0. The lowest BCUT2D eigenvalue weighted by Gasteiger charge is -2.03. The molecular weight excluding hydrogens is 304 g/mol. The number of nitrogens with one attached hydrogen (secondary N) is 1. The fourth-order valence-corrected chi connectivity index (χ4v) is 1.95. The summed E-state index contributed by atoms with van der Waals surface area (Å²) in [6.07, 6.45) is 1.38. The minimum atomic E-state index is -0.469. The molecule has 1 amide bonds. The predicted molar refractivity (Wildman–Crippen MR) is 84.3 cm³/mol. The van der Waals surface area contributed by atoms with Crippen LogP contribution >= 0.6 is 11.6 Å². The summed E-state index contributed by atoms with van der Waals surface area (Å²) in [5, 5.41) is 4.31. The lowest BCUT2D eigenvalue weighted by atomic mass is 10.1. The van der Waals surface area contributed by atoms with E-state index in [4.69, 9.17) is 11.6 Å². The van der Waals surface area contributed by atoms with Crippen molar-refractivity contribution in [2.24, 2.45) is 5.10 Å². The van der Waals surface area contributed by atoms with Crippen molar-refractivity contribution in [2.75, 3.05) is 7.11 Å². The summed E-state index contributed by atoms with van der Waals surface area (Å²) in [4.78, 5) is 23.5. The molecule has 112 valence electrons. The molecule has 2 rings (SSSR count). The van der Waals surface area contributed by atoms with Gasteiger partial charge in [-0.05, 0) is 24.3 Å². The highest BCUT2D eigenvalue weighted by molar-refractivity contribution is 6.30. The highest BCUT2D eigenvalue weighted by Crippen LogP contribution is 2.10. The van der Waals surface area contributed by atoms with Crippen LogP contribution in [0.3, 0.4) is 0 Å². The summed E-state index contributed by atoms with van der Waals surface area (Å²) in [6, 6.07) is 13.3. The van der Waals surface area contributed by atoms with Gasteiger partial charge in [-0.15, -0.1) is 0 Å². The zero-order valence-corrected chi connectivity index (χ0v) is 12.5. The van der Waals surface area contributed by atoms with Gasteiger partial charge in [-0.25, -0.2) is 10.2 Å². The average Bonchev–Trinajstić information content (AvgIpc) is 2.54. The molecule has 2 aromatic carbocycles. The Morgan fingerprint density at radius 2 is 1.95 bits per heavy atom. The van der Waals surface area contributed by atoms with Crippen LogP contribution in [0.5, 0.6) is 0 Å². The molecule has 0 unspecified atom stereocenters. The first kappa shape index (κ1) is 15.7. The molecule has 0 heterocycles. The number of hydrogen-bond donors (Lipinski definition) is 1. The zero-order valence-electron chi connectivity index (χ0n) is 11.7. The number of methoxy groups -OCH3 is 1. The number of amides is 1. The number of esters is 1. The van der Waals surface area contributed by atoms with Gasteiger partial charge in [0.15, 0.2) is 0 Å². The third-order valence-electron chi connectivity index (χ3n) is 2.82. The van der Waals surface area contributed by atoms with Crippen LogP contribution in [0.4, 0.5) is 0 Å². The molecule has 0 saturated carbocycles. The van der Waals surface area contributed by atoms with Crippen LogP contribution in [0.15, 0.2) is 53.6 Å². The van der Waals surface area contributed by atoms with Crippen molar-refractivity contribution >= 4 is 29.7 Å². The summed E-state index contributed by atoms with van der Waals surface area (Å²) < 4.78 is 4.68. The van der Waals surface area contributed by atoms with E-state index in [9.17, 15) is 9.59 Å². The maximum Gasteiger partial charge on any atom is 0.338 e. The lowest BCUT2D eigenvalue weighted by molar-refractivity contribution is 0.0600. The van der Waals surface area contributed by atoms with Crippen molar-refractivity contribution in [1.29, 1.82) is 0 Å². The molecule has 2 aromatic rings. The third-order valence-corrected chi connectivity index (χ3v) is 3.06. The van der Waals surface area contributed by atoms with Crippen LogP contribution in [0, 0.1) is 0 Å². The van der Waals surface area contributed by atoms with E-state index in [0.717, 1.165) is 0 Å². The lowest BCUT2D eigenvalue weighted by Crippen LogP contribution is -2.17. The number of halogens is 1. The fraction of sp³-hybridized carbons (Fsp3) is 0.0625. The second-order valence-electron chi connectivity index (χ2n) is 4.29. The molecule has 6 heteroatoms. The van der Waals surface area contributed by atoms with Crippen LogP contribution in [0.25, 0.3) is 0 Å². The van der Waals surface area contributed by atoms with Crippen molar-refractivity contribution in [3.63, 3.8) is 0 Å². The molecule has 0 bridgehead atoms. The molecule has 0 aliphatic heterocycles. The summed E-state index contributed by atoms with van der Waals surface area (Å²) in [5.74, 6) is -0.863. The van der Waals surface area contributed by atoms with E-state index >= 15 is 0 Å². The van der Waals surface area contributed by atoms with Gasteiger partial charge in [0.25, 0.3) is 5.91 Å². The van der Waals surface area contributed by atoms with Gasteiger partial charge in [-0.3, -0.25) is 4.79 Å². The van der Waals surface area contributed by atoms with Gasteiger partial charge in [-0.1, -0.05) is 35.9 Å². The Bertz CT molecular complexity index is 729. The molecule has 0 atom stereocenters. The molecule has 22 heavy (non-hydrogen) atoms. The Labute approximate surface area is 132 Å². The van der Waals surface area contributed by atoms with E-state index < -0.39 is 11.9 Å². The van der Waals surface area contributed by atoms with Gasteiger partial charge >= 0.3 is 5.97 Å². The molecule has 0 aliphatic carbocycles. The summed E-state index contributed by atoms with van der Waals surface area (Å²) in [7, 11) is 1.30. The van der Waals surface area contributed by atoms with Gasteiger partial charge in [0.05, 0.1) is 18.9 Å². The van der Waals surface area contributed by atoms with Gasteiger partial charge in [0, 0.05) is 16.1 Å². The molecular formula is C16H13ClN2O3. The Balaban J connectivity index is 2.10. The molecule has 0 saturated heterocycles. The summed E-state index contributed by atoms with van der Waals surface area (Å²) in [5.41, 5.74) is 3.68. The first-order chi connectivity index (χ1) is 10.6. The molecule has 0 spiro atoms. The number of hydrazone groups is 1. The Morgan fingerprint density at radius 3 is 2.68 bits per heavy atom. The van der Waals surface area contributed by atoms with E-state index in [1.165, 1.54) is 19.4 Å². The number of hydrogen-bond acceptors (Lipinski definition) is 4. The van der Waals surface area contributed by atoms with E-state index in [1.807, 2.05) is 0 Å². The monoisotopic (exact) mass is 316 g/mol. The smallest absolute Gasteiger partial charge is 0.338 e. The molecule has 0 radical (unpaired) electrons. The highest BCUT2D eigenvalue weighted by Gasteiger charge is 2.09. The maximum atomic E-state index is 11.9. The minimum Gasteiger partial charge on any atom is -0.465 e. The van der Waals surface area contributed by atoms with E-state index in [1.54, 1.807) is 42.5 Å². The van der Waals surface area contributed by atoms with Crippen molar-refractivity contribution < 1.29 is 14.3 Å². The van der Waals surface area contributed by atoms with Crippen LogP contribution in [0.2, 0.25) is 5.02 Å². The van der Waals surface area contributed by atoms with Gasteiger partial charge in [0.1, 0.15) is 0 Å². The van der Waals surface area contributed by atoms with Crippen molar-refractivity contribution in [2.45, 2.75) is 0 Å². The average molecular weight is 317 g/mol. The molecule has 0 fully saturated rings. The van der Waals surface area contributed by atoms with Crippen LogP contribution in [-0.4, -0.2) is 25.2 Å². The van der Waals surface area contributed by atoms with E-state index in [2.05, 4.69) is 15.3 Å². The van der Waals surface area contributed by atoms with Gasteiger partial charge < -0.3 is 4.74 Å².